The number of nitrogens with zero attached hydrogens (tertiary/aromatic N) is 1. The summed E-state index contributed by atoms with van der Waals surface area (Å²) in [6, 6.07) is 11.5. The van der Waals surface area contributed by atoms with Gasteiger partial charge in [0.15, 0.2) is 0 Å². The predicted molar refractivity (Wildman–Crippen MR) is 91.8 cm³/mol. The molecule has 0 spiro atoms. The van der Waals surface area contributed by atoms with Crippen LogP contribution >= 0.6 is 0 Å². The van der Waals surface area contributed by atoms with Gasteiger partial charge in [-0.3, -0.25) is 4.79 Å². The molecule has 0 bridgehead atoms. The van der Waals surface area contributed by atoms with Gasteiger partial charge in [-0.1, -0.05) is 18.2 Å². The van der Waals surface area contributed by atoms with Gasteiger partial charge in [0, 0.05) is 5.56 Å². The normalized spacial score (nSPS) is 16.3. The Balaban J connectivity index is 1.49. The van der Waals surface area contributed by atoms with Crippen LogP contribution in [0.3, 0.4) is 0 Å². The van der Waals surface area contributed by atoms with Gasteiger partial charge in [-0.25, -0.2) is 4.98 Å². The summed E-state index contributed by atoms with van der Waals surface area (Å²) in [5.41, 5.74) is 4.88. The fourth-order valence-electron chi connectivity index (χ4n) is 3.48. The van der Waals surface area contributed by atoms with Crippen molar-refractivity contribution >= 4 is 16.9 Å². The number of benzene rings is 2. The maximum Gasteiger partial charge on any atom is 0.228 e. The lowest BCUT2D eigenvalue weighted by Crippen LogP contribution is -2.28. The molecule has 4 rings (SSSR count). The van der Waals surface area contributed by atoms with Crippen molar-refractivity contribution < 1.29 is 9.90 Å². The molecule has 1 aromatic heterocycles. The van der Waals surface area contributed by atoms with E-state index in [-0.39, 0.29) is 17.6 Å². The molecule has 122 valence electrons. The van der Waals surface area contributed by atoms with Gasteiger partial charge in [-0.15, -0.1) is 0 Å². The molecule has 0 saturated heterocycles. The average Bonchev–Trinajstić information content (AvgIpc) is 3.16. The lowest BCUT2D eigenvalue weighted by atomic mass is 9.99. The molecule has 5 heteroatoms. The number of phenols is 1. The Morgan fingerprint density at radius 1 is 1.38 bits per heavy atom. The monoisotopic (exact) mass is 321 g/mol. The van der Waals surface area contributed by atoms with Crippen molar-refractivity contribution in [2.75, 3.05) is 0 Å². The summed E-state index contributed by atoms with van der Waals surface area (Å²) >= 11 is 0. The lowest BCUT2D eigenvalue weighted by molar-refractivity contribution is -0.122. The van der Waals surface area contributed by atoms with Crippen molar-refractivity contribution in [2.24, 2.45) is 0 Å². The molecule has 1 unspecified atom stereocenters. The maximum absolute atomic E-state index is 12.5. The summed E-state index contributed by atoms with van der Waals surface area (Å²) in [6.07, 6.45) is 1.56. The van der Waals surface area contributed by atoms with Crippen LogP contribution in [0.1, 0.15) is 34.9 Å². The number of phenolic OH excluding ortho intramolecular Hbond substituents is 1. The first kappa shape index (κ1) is 14.8. The first-order chi connectivity index (χ1) is 11.6. The predicted octanol–water partition coefficient (Wildman–Crippen LogP) is 2.92. The highest BCUT2D eigenvalue weighted by Crippen LogP contribution is 2.38. The second kappa shape index (κ2) is 5.67. The van der Waals surface area contributed by atoms with Crippen LogP contribution in [0.2, 0.25) is 0 Å². The smallest absolute Gasteiger partial charge is 0.228 e. The third kappa shape index (κ3) is 2.52. The SMILES string of the molecule is Cc1ccc2nc(CNC(=O)C3CCc4cccc(O)c43)[nH]c2c1. The molecule has 24 heavy (non-hydrogen) atoms. The Kier molecular flexibility index (Phi) is 3.49. The van der Waals surface area contributed by atoms with Crippen molar-refractivity contribution in [2.45, 2.75) is 32.2 Å². The van der Waals surface area contributed by atoms with Crippen LogP contribution < -0.4 is 5.32 Å². The Morgan fingerprint density at radius 2 is 2.25 bits per heavy atom. The molecule has 0 aliphatic heterocycles. The summed E-state index contributed by atoms with van der Waals surface area (Å²) in [5.74, 6) is 0.600. The minimum absolute atomic E-state index is 0.0631. The number of hydrogen-bond donors (Lipinski definition) is 3. The highest BCUT2D eigenvalue weighted by molar-refractivity contribution is 5.86. The summed E-state index contributed by atoms with van der Waals surface area (Å²) in [7, 11) is 0. The zero-order valence-electron chi connectivity index (χ0n) is 13.5. The van der Waals surface area contributed by atoms with Crippen LogP contribution in [0.5, 0.6) is 5.75 Å². The van der Waals surface area contributed by atoms with Gasteiger partial charge >= 0.3 is 0 Å². The van der Waals surface area contributed by atoms with Crippen molar-refractivity contribution in [3.63, 3.8) is 0 Å². The first-order valence-electron chi connectivity index (χ1n) is 8.15. The molecule has 2 aromatic carbocycles. The molecule has 3 N–H and O–H groups in total. The molecule has 1 atom stereocenters. The van der Waals surface area contributed by atoms with Crippen molar-refractivity contribution in [1.82, 2.24) is 15.3 Å². The van der Waals surface area contributed by atoms with E-state index in [1.54, 1.807) is 6.07 Å². The van der Waals surface area contributed by atoms with Crippen molar-refractivity contribution in [1.29, 1.82) is 0 Å². The fraction of sp³-hybridized carbons (Fsp3) is 0.263. The average molecular weight is 321 g/mol. The summed E-state index contributed by atoms with van der Waals surface area (Å²) in [4.78, 5) is 20.3. The molecule has 1 amide bonds. The van der Waals surface area contributed by atoms with E-state index in [1.165, 1.54) is 5.56 Å². The highest BCUT2D eigenvalue weighted by Gasteiger charge is 2.30. The first-order valence-corrected chi connectivity index (χ1v) is 8.15. The molecular formula is C19H19N3O2. The van der Waals surface area contributed by atoms with Crippen LogP contribution in [0, 0.1) is 6.92 Å². The van der Waals surface area contributed by atoms with E-state index in [1.807, 2.05) is 37.3 Å². The van der Waals surface area contributed by atoms with Crippen molar-refractivity contribution in [3.8, 4) is 5.75 Å². The molecule has 3 aromatic rings. The van der Waals surface area contributed by atoms with Crippen LogP contribution in [0.4, 0.5) is 0 Å². The summed E-state index contributed by atoms with van der Waals surface area (Å²) in [6.45, 7) is 2.39. The van der Waals surface area contributed by atoms with Gasteiger partial charge in [-0.2, -0.15) is 0 Å². The second-order valence-corrected chi connectivity index (χ2v) is 6.36. The minimum Gasteiger partial charge on any atom is -0.508 e. The van der Waals surface area contributed by atoms with E-state index in [4.69, 9.17) is 0 Å². The van der Waals surface area contributed by atoms with E-state index in [0.29, 0.717) is 6.54 Å². The largest absolute Gasteiger partial charge is 0.508 e. The maximum atomic E-state index is 12.5. The number of H-pyrrole nitrogens is 1. The topological polar surface area (TPSA) is 78.0 Å². The lowest BCUT2D eigenvalue weighted by Gasteiger charge is -2.12. The van der Waals surface area contributed by atoms with E-state index < -0.39 is 0 Å². The van der Waals surface area contributed by atoms with E-state index >= 15 is 0 Å². The molecule has 0 saturated carbocycles. The van der Waals surface area contributed by atoms with E-state index in [2.05, 4.69) is 15.3 Å². The number of hydrogen-bond acceptors (Lipinski definition) is 3. The third-order valence-corrected chi connectivity index (χ3v) is 4.66. The number of aromatic hydroxyl groups is 1. The van der Waals surface area contributed by atoms with Crippen LogP contribution in [0.25, 0.3) is 11.0 Å². The van der Waals surface area contributed by atoms with Gasteiger partial charge < -0.3 is 15.4 Å². The van der Waals surface area contributed by atoms with E-state index in [0.717, 1.165) is 40.8 Å². The van der Waals surface area contributed by atoms with Gasteiger partial charge in [0.25, 0.3) is 0 Å². The Hall–Kier alpha value is -2.82. The van der Waals surface area contributed by atoms with Gasteiger partial charge in [0.1, 0.15) is 11.6 Å². The number of aromatic amines is 1. The molecule has 1 aliphatic rings. The van der Waals surface area contributed by atoms with Crippen molar-refractivity contribution in [3.05, 3.63) is 58.9 Å². The molecule has 0 radical (unpaired) electrons. The molecule has 0 fully saturated rings. The number of imidazole rings is 1. The Bertz CT molecular complexity index is 930. The fourth-order valence-corrected chi connectivity index (χ4v) is 3.48. The van der Waals surface area contributed by atoms with Gasteiger partial charge in [-0.05, 0) is 49.1 Å². The zero-order valence-corrected chi connectivity index (χ0v) is 13.5. The number of aryl methyl sites for hydroxylation is 2. The highest BCUT2D eigenvalue weighted by atomic mass is 16.3. The molecule has 5 nitrogen and oxygen atoms in total. The number of carbonyl (C=O) groups excluding carboxylic acids is 1. The third-order valence-electron chi connectivity index (χ3n) is 4.66. The summed E-state index contributed by atoms with van der Waals surface area (Å²) < 4.78 is 0. The second-order valence-electron chi connectivity index (χ2n) is 6.36. The molecular weight excluding hydrogens is 302 g/mol. The number of nitrogens with one attached hydrogen (secondary N) is 2. The molecule has 1 aliphatic carbocycles. The number of amides is 1. The Morgan fingerprint density at radius 3 is 3.12 bits per heavy atom. The molecule has 1 heterocycles. The minimum atomic E-state index is -0.284. The quantitative estimate of drug-likeness (QED) is 0.694. The number of carbonyl (C=O) groups is 1. The number of aromatic nitrogens is 2. The zero-order chi connectivity index (χ0) is 16.7. The van der Waals surface area contributed by atoms with Crippen LogP contribution in [0.15, 0.2) is 36.4 Å². The number of fused-ring (bicyclic) bond motifs is 2. The van der Waals surface area contributed by atoms with Gasteiger partial charge in [0.05, 0.1) is 23.5 Å². The van der Waals surface area contributed by atoms with Crippen LogP contribution in [-0.2, 0) is 17.8 Å². The Labute approximate surface area is 139 Å². The van der Waals surface area contributed by atoms with Gasteiger partial charge in [0.2, 0.25) is 5.91 Å². The van der Waals surface area contributed by atoms with Crippen LogP contribution in [-0.4, -0.2) is 21.0 Å². The summed E-state index contributed by atoms with van der Waals surface area (Å²) in [5, 5.41) is 13.0. The van der Waals surface area contributed by atoms with E-state index in [9.17, 15) is 9.90 Å². The standard InChI is InChI=1S/C19H19N3O2/c1-11-5-8-14-15(9-11)22-17(21-14)10-20-19(24)13-7-6-12-3-2-4-16(23)18(12)13/h2-5,8-9,13,23H,6-7,10H2,1H3,(H,20,24)(H,21,22). The number of rotatable bonds is 3.